The van der Waals surface area contributed by atoms with E-state index in [9.17, 15) is 4.79 Å². The molecule has 0 radical (unpaired) electrons. The monoisotopic (exact) mass is 289 g/mol. The molecule has 0 saturated heterocycles. The molecule has 2 aromatic rings. The fourth-order valence-electron chi connectivity index (χ4n) is 1.52. The topological polar surface area (TPSA) is 66.3 Å². The number of hydrogen-bond donors (Lipinski definition) is 3. The Bertz CT molecular complexity index is 579. The Labute approximate surface area is 122 Å². The molecule has 0 aliphatic carbocycles. The highest BCUT2D eigenvalue weighted by atomic mass is 32.1. The van der Waals surface area contributed by atoms with Gasteiger partial charge in [0, 0.05) is 5.56 Å². The normalized spacial score (nSPS) is 9.85. The average molecular weight is 289 g/mol. The molecular weight excluding hydrogens is 274 g/mol. The Morgan fingerprint density at radius 1 is 1.20 bits per heavy atom. The van der Waals surface area contributed by atoms with E-state index >= 15 is 0 Å². The highest BCUT2D eigenvalue weighted by Crippen LogP contribution is 2.02. The van der Waals surface area contributed by atoms with Crippen molar-refractivity contribution >= 4 is 23.2 Å². The SMILES string of the molecule is Cc1ccc(C(=O)NNC(=S)NCc2ccco2)cc1. The molecule has 0 aliphatic heterocycles. The molecule has 0 unspecified atom stereocenters. The van der Waals surface area contributed by atoms with Crippen LogP contribution in [-0.2, 0) is 6.54 Å². The largest absolute Gasteiger partial charge is 0.467 e. The van der Waals surface area contributed by atoms with Crippen LogP contribution in [0.1, 0.15) is 21.7 Å². The zero-order valence-electron chi connectivity index (χ0n) is 11.0. The van der Waals surface area contributed by atoms with Crippen LogP contribution in [0.4, 0.5) is 0 Å². The first-order valence-electron chi connectivity index (χ1n) is 6.08. The van der Waals surface area contributed by atoms with Gasteiger partial charge >= 0.3 is 0 Å². The van der Waals surface area contributed by atoms with E-state index in [0.29, 0.717) is 17.2 Å². The molecule has 104 valence electrons. The van der Waals surface area contributed by atoms with Gasteiger partial charge in [-0.2, -0.15) is 0 Å². The van der Waals surface area contributed by atoms with Gasteiger partial charge in [-0.1, -0.05) is 17.7 Å². The van der Waals surface area contributed by atoms with Crippen LogP contribution in [0.15, 0.2) is 47.1 Å². The van der Waals surface area contributed by atoms with Crippen molar-refractivity contribution in [2.75, 3.05) is 0 Å². The molecule has 1 heterocycles. The van der Waals surface area contributed by atoms with Gasteiger partial charge in [0.25, 0.3) is 5.91 Å². The summed E-state index contributed by atoms with van der Waals surface area (Å²) in [4.78, 5) is 11.8. The number of thiocarbonyl (C=S) groups is 1. The molecule has 6 heteroatoms. The van der Waals surface area contributed by atoms with Gasteiger partial charge in [-0.15, -0.1) is 0 Å². The van der Waals surface area contributed by atoms with Crippen LogP contribution in [-0.4, -0.2) is 11.0 Å². The fourth-order valence-corrected chi connectivity index (χ4v) is 1.64. The minimum Gasteiger partial charge on any atom is -0.467 e. The number of nitrogens with one attached hydrogen (secondary N) is 3. The number of carbonyl (C=O) groups is 1. The van der Waals surface area contributed by atoms with Crippen LogP contribution in [0.3, 0.4) is 0 Å². The summed E-state index contributed by atoms with van der Waals surface area (Å²) < 4.78 is 5.15. The first kappa shape index (κ1) is 14.1. The third kappa shape index (κ3) is 4.10. The molecule has 0 saturated carbocycles. The van der Waals surface area contributed by atoms with Crippen molar-refractivity contribution in [1.29, 1.82) is 0 Å². The third-order valence-corrected chi connectivity index (χ3v) is 2.85. The van der Waals surface area contributed by atoms with E-state index in [0.717, 1.165) is 11.3 Å². The maximum atomic E-state index is 11.8. The summed E-state index contributed by atoms with van der Waals surface area (Å²) in [6.45, 7) is 2.42. The lowest BCUT2D eigenvalue weighted by molar-refractivity contribution is 0.0943. The lowest BCUT2D eigenvalue weighted by atomic mass is 10.1. The molecule has 1 aromatic heterocycles. The number of hydrogen-bond acceptors (Lipinski definition) is 3. The predicted octanol–water partition coefficient (Wildman–Crippen LogP) is 1.90. The summed E-state index contributed by atoms with van der Waals surface area (Å²) in [7, 11) is 0. The second-order valence-corrected chi connectivity index (χ2v) is 4.62. The van der Waals surface area contributed by atoms with Crippen LogP contribution in [0.5, 0.6) is 0 Å². The second-order valence-electron chi connectivity index (χ2n) is 4.21. The third-order valence-electron chi connectivity index (χ3n) is 2.61. The highest BCUT2D eigenvalue weighted by Gasteiger charge is 2.05. The Morgan fingerprint density at radius 2 is 1.95 bits per heavy atom. The number of aryl methyl sites for hydroxylation is 1. The van der Waals surface area contributed by atoms with E-state index in [1.54, 1.807) is 24.5 Å². The zero-order valence-corrected chi connectivity index (χ0v) is 11.8. The molecule has 0 bridgehead atoms. The lowest BCUT2D eigenvalue weighted by Crippen LogP contribution is -2.46. The number of rotatable bonds is 3. The van der Waals surface area contributed by atoms with Crippen LogP contribution in [0.25, 0.3) is 0 Å². The first-order valence-corrected chi connectivity index (χ1v) is 6.49. The predicted molar refractivity (Wildman–Crippen MR) is 79.9 cm³/mol. The number of hydrazine groups is 1. The van der Waals surface area contributed by atoms with Gasteiger partial charge in [-0.05, 0) is 43.4 Å². The molecule has 0 aliphatic rings. The molecule has 1 aromatic carbocycles. The van der Waals surface area contributed by atoms with Crippen molar-refractivity contribution in [3.05, 3.63) is 59.5 Å². The molecule has 20 heavy (non-hydrogen) atoms. The van der Waals surface area contributed by atoms with Crippen LogP contribution < -0.4 is 16.2 Å². The van der Waals surface area contributed by atoms with E-state index in [-0.39, 0.29) is 5.91 Å². The van der Waals surface area contributed by atoms with E-state index in [4.69, 9.17) is 16.6 Å². The summed E-state index contributed by atoms with van der Waals surface area (Å²) in [6.07, 6.45) is 1.59. The summed E-state index contributed by atoms with van der Waals surface area (Å²) >= 11 is 5.04. The summed E-state index contributed by atoms with van der Waals surface area (Å²) in [5, 5.41) is 3.23. The maximum absolute atomic E-state index is 11.8. The van der Waals surface area contributed by atoms with Crippen molar-refractivity contribution in [3.63, 3.8) is 0 Å². The van der Waals surface area contributed by atoms with Crippen LogP contribution >= 0.6 is 12.2 Å². The Balaban J connectivity index is 1.75. The fraction of sp³-hybridized carbons (Fsp3) is 0.143. The van der Waals surface area contributed by atoms with Gasteiger partial charge in [0.1, 0.15) is 5.76 Å². The molecule has 5 nitrogen and oxygen atoms in total. The van der Waals surface area contributed by atoms with E-state index in [1.165, 1.54) is 0 Å². The number of benzene rings is 1. The molecular formula is C14H15N3O2S. The van der Waals surface area contributed by atoms with E-state index in [1.807, 2.05) is 25.1 Å². The molecule has 1 amide bonds. The van der Waals surface area contributed by atoms with Crippen molar-refractivity contribution in [2.45, 2.75) is 13.5 Å². The number of amides is 1. The molecule has 2 rings (SSSR count). The van der Waals surface area contributed by atoms with Crippen molar-refractivity contribution < 1.29 is 9.21 Å². The molecule has 0 spiro atoms. The Hall–Kier alpha value is -2.34. The lowest BCUT2D eigenvalue weighted by Gasteiger charge is -2.10. The smallest absolute Gasteiger partial charge is 0.269 e. The number of furan rings is 1. The van der Waals surface area contributed by atoms with Gasteiger partial charge in [-0.3, -0.25) is 15.6 Å². The van der Waals surface area contributed by atoms with Gasteiger partial charge in [0.15, 0.2) is 5.11 Å². The minimum atomic E-state index is -0.243. The highest BCUT2D eigenvalue weighted by molar-refractivity contribution is 7.80. The Kier molecular flexibility index (Phi) is 4.73. The summed E-state index contributed by atoms with van der Waals surface area (Å²) in [5.41, 5.74) is 6.83. The molecule has 0 atom stereocenters. The summed E-state index contributed by atoms with van der Waals surface area (Å²) in [6, 6.07) is 10.9. The molecule has 3 N–H and O–H groups in total. The minimum absolute atomic E-state index is 0.243. The van der Waals surface area contributed by atoms with Crippen LogP contribution in [0.2, 0.25) is 0 Å². The van der Waals surface area contributed by atoms with E-state index in [2.05, 4.69) is 16.2 Å². The average Bonchev–Trinajstić information content (AvgIpc) is 2.96. The maximum Gasteiger partial charge on any atom is 0.269 e. The van der Waals surface area contributed by atoms with Crippen molar-refractivity contribution in [1.82, 2.24) is 16.2 Å². The van der Waals surface area contributed by atoms with Crippen molar-refractivity contribution in [3.8, 4) is 0 Å². The Morgan fingerprint density at radius 3 is 2.60 bits per heavy atom. The van der Waals surface area contributed by atoms with Crippen LogP contribution in [0, 0.1) is 6.92 Å². The van der Waals surface area contributed by atoms with Gasteiger partial charge < -0.3 is 9.73 Å². The van der Waals surface area contributed by atoms with Gasteiger partial charge in [-0.25, -0.2) is 0 Å². The number of carbonyl (C=O) groups excluding carboxylic acids is 1. The van der Waals surface area contributed by atoms with Gasteiger partial charge in [0.05, 0.1) is 12.8 Å². The van der Waals surface area contributed by atoms with Gasteiger partial charge in [0.2, 0.25) is 0 Å². The molecule has 0 fully saturated rings. The zero-order chi connectivity index (χ0) is 14.4. The first-order chi connectivity index (χ1) is 9.65. The quantitative estimate of drug-likeness (QED) is 0.595. The van der Waals surface area contributed by atoms with E-state index < -0.39 is 0 Å². The standard InChI is InChI=1S/C14H15N3O2S/c1-10-4-6-11(7-5-10)13(18)16-17-14(20)15-9-12-3-2-8-19-12/h2-8H,9H2,1H3,(H,16,18)(H2,15,17,20). The summed E-state index contributed by atoms with van der Waals surface area (Å²) in [5.74, 6) is 0.520. The second kappa shape index (κ2) is 6.72. The van der Waals surface area contributed by atoms with Crippen molar-refractivity contribution in [2.24, 2.45) is 0 Å².